The first-order chi connectivity index (χ1) is 5.72. The van der Waals surface area contributed by atoms with Gasteiger partial charge in [0.1, 0.15) is 0 Å². The van der Waals surface area contributed by atoms with Crippen LogP contribution in [-0.2, 0) is 0 Å². The van der Waals surface area contributed by atoms with Gasteiger partial charge in [-0.1, -0.05) is 19.8 Å². The Morgan fingerprint density at radius 1 is 1.17 bits per heavy atom. The number of rotatable bonds is 7. The van der Waals surface area contributed by atoms with E-state index in [0.29, 0.717) is 6.04 Å². The van der Waals surface area contributed by atoms with E-state index in [4.69, 9.17) is 0 Å². The molecule has 12 heavy (non-hydrogen) atoms. The predicted octanol–water partition coefficient (Wildman–Crippen LogP) is 2.82. The van der Waals surface area contributed by atoms with Gasteiger partial charge in [0.25, 0.3) is 0 Å². The normalized spacial score (nSPS) is 11.5. The summed E-state index contributed by atoms with van der Waals surface area (Å²) in [4.78, 5) is 2.50. The summed E-state index contributed by atoms with van der Waals surface area (Å²) < 4.78 is 0. The van der Waals surface area contributed by atoms with Crippen LogP contribution in [0.25, 0.3) is 0 Å². The van der Waals surface area contributed by atoms with Crippen LogP contribution in [0.3, 0.4) is 0 Å². The van der Waals surface area contributed by atoms with Crippen LogP contribution < -0.4 is 0 Å². The third-order valence-corrected chi connectivity index (χ3v) is 2.37. The van der Waals surface area contributed by atoms with Crippen LogP contribution in [0.15, 0.2) is 0 Å². The summed E-state index contributed by atoms with van der Waals surface area (Å²) in [7, 11) is 0. The lowest BCUT2D eigenvalue weighted by Crippen LogP contribution is -2.33. The van der Waals surface area contributed by atoms with Crippen LogP contribution in [-0.4, -0.2) is 29.8 Å². The van der Waals surface area contributed by atoms with Crippen molar-refractivity contribution in [3.05, 3.63) is 0 Å². The van der Waals surface area contributed by atoms with Crippen molar-refractivity contribution in [3.63, 3.8) is 0 Å². The Morgan fingerprint density at radius 3 is 2.25 bits per heavy atom. The van der Waals surface area contributed by atoms with E-state index >= 15 is 0 Å². The van der Waals surface area contributed by atoms with Crippen LogP contribution >= 0.6 is 12.6 Å². The van der Waals surface area contributed by atoms with Crippen LogP contribution in [0, 0.1) is 0 Å². The first kappa shape index (κ1) is 12.3. The summed E-state index contributed by atoms with van der Waals surface area (Å²) in [5, 5.41) is 0. The van der Waals surface area contributed by atoms with Crippen molar-refractivity contribution in [2.24, 2.45) is 0 Å². The van der Waals surface area contributed by atoms with Crippen LogP contribution in [0.2, 0.25) is 0 Å². The summed E-state index contributed by atoms with van der Waals surface area (Å²) in [6.07, 6.45) is 4.01. The van der Waals surface area contributed by atoms with Crippen LogP contribution in [0.1, 0.15) is 40.0 Å². The first-order valence-corrected chi connectivity index (χ1v) is 5.70. The van der Waals surface area contributed by atoms with Crippen molar-refractivity contribution in [1.82, 2.24) is 4.90 Å². The highest BCUT2D eigenvalue weighted by molar-refractivity contribution is 7.80. The van der Waals surface area contributed by atoms with Gasteiger partial charge in [-0.3, -0.25) is 0 Å². The molecule has 0 saturated carbocycles. The Morgan fingerprint density at radius 2 is 1.83 bits per heavy atom. The maximum Gasteiger partial charge on any atom is 0.00725 e. The molecule has 0 heterocycles. The lowest BCUT2D eigenvalue weighted by Gasteiger charge is -2.25. The SMILES string of the molecule is CCCCCN(CCS)C(C)C. The molecule has 2 heteroatoms. The molecule has 0 bridgehead atoms. The molecule has 0 aromatic carbocycles. The van der Waals surface area contributed by atoms with Gasteiger partial charge in [0, 0.05) is 18.3 Å². The van der Waals surface area contributed by atoms with E-state index in [1.54, 1.807) is 0 Å². The predicted molar refractivity (Wildman–Crippen MR) is 60.1 cm³/mol. The number of hydrogen-bond acceptors (Lipinski definition) is 2. The van der Waals surface area contributed by atoms with Crippen molar-refractivity contribution in [3.8, 4) is 0 Å². The maximum absolute atomic E-state index is 4.26. The molecule has 0 saturated heterocycles. The van der Waals surface area contributed by atoms with Gasteiger partial charge in [0.15, 0.2) is 0 Å². The topological polar surface area (TPSA) is 3.24 Å². The molecule has 0 radical (unpaired) electrons. The summed E-state index contributed by atoms with van der Waals surface area (Å²) in [6.45, 7) is 9.14. The molecule has 0 aromatic rings. The standard InChI is InChI=1S/C10H23NS/c1-4-5-6-7-11(8-9-12)10(2)3/h10,12H,4-9H2,1-3H3. The van der Waals surface area contributed by atoms with E-state index in [1.807, 2.05) is 0 Å². The van der Waals surface area contributed by atoms with E-state index < -0.39 is 0 Å². The third-order valence-electron chi connectivity index (χ3n) is 2.17. The highest BCUT2D eigenvalue weighted by Gasteiger charge is 2.06. The molecule has 74 valence electrons. The monoisotopic (exact) mass is 189 g/mol. The molecule has 1 nitrogen and oxygen atoms in total. The molecule has 0 aromatic heterocycles. The highest BCUT2D eigenvalue weighted by atomic mass is 32.1. The second-order valence-electron chi connectivity index (χ2n) is 3.56. The quantitative estimate of drug-likeness (QED) is 0.476. The minimum atomic E-state index is 0.675. The van der Waals surface area contributed by atoms with Crippen molar-refractivity contribution < 1.29 is 0 Å². The van der Waals surface area contributed by atoms with E-state index in [0.717, 1.165) is 12.3 Å². The summed E-state index contributed by atoms with van der Waals surface area (Å²) in [5.74, 6) is 0.976. The van der Waals surface area contributed by atoms with Gasteiger partial charge in [-0.15, -0.1) is 0 Å². The van der Waals surface area contributed by atoms with E-state index in [1.165, 1.54) is 25.8 Å². The zero-order valence-electron chi connectivity index (χ0n) is 8.71. The second-order valence-corrected chi connectivity index (χ2v) is 4.01. The molecule has 0 fully saturated rings. The second kappa shape index (κ2) is 7.93. The number of nitrogens with zero attached hydrogens (tertiary/aromatic N) is 1. The van der Waals surface area contributed by atoms with Crippen molar-refractivity contribution >= 4 is 12.6 Å². The Labute approximate surface area is 82.9 Å². The minimum Gasteiger partial charge on any atom is -0.300 e. The fourth-order valence-corrected chi connectivity index (χ4v) is 1.58. The molecule has 0 atom stereocenters. The highest BCUT2D eigenvalue weighted by Crippen LogP contribution is 2.03. The summed E-state index contributed by atoms with van der Waals surface area (Å²) in [5.41, 5.74) is 0. The zero-order valence-corrected chi connectivity index (χ0v) is 9.61. The fraction of sp³-hybridized carbons (Fsp3) is 1.00. The first-order valence-electron chi connectivity index (χ1n) is 5.07. The molecule has 0 aliphatic carbocycles. The average Bonchev–Trinajstić information content (AvgIpc) is 2.03. The van der Waals surface area contributed by atoms with Gasteiger partial charge in [-0.2, -0.15) is 12.6 Å². The van der Waals surface area contributed by atoms with Crippen LogP contribution in [0.4, 0.5) is 0 Å². The summed E-state index contributed by atoms with van der Waals surface area (Å²) in [6, 6.07) is 0.675. The van der Waals surface area contributed by atoms with Gasteiger partial charge < -0.3 is 4.90 Å². The fourth-order valence-electron chi connectivity index (χ4n) is 1.32. The molecule has 0 amide bonds. The lowest BCUT2D eigenvalue weighted by molar-refractivity contribution is 0.231. The molecule has 0 rings (SSSR count). The Balaban J connectivity index is 3.49. The van der Waals surface area contributed by atoms with E-state index in [9.17, 15) is 0 Å². The minimum absolute atomic E-state index is 0.675. The largest absolute Gasteiger partial charge is 0.300 e. The average molecular weight is 189 g/mol. The van der Waals surface area contributed by atoms with Gasteiger partial charge >= 0.3 is 0 Å². The summed E-state index contributed by atoms with van der Waals surface area (Å²) >= 11 is 4.26. The Hall–Kier alpha value is 0.310. The molecule has 0 aliphatic rings. The molecule has 0 aliphatic heterocycles. The molecular formula is C10H23NS. The van der Waals surface area contributed by atoms with Crippen molar-refractivity contribution in [1.29, 1.82) is 0 Å². The maximum atomic E-state index is 4.26. The molecule has 0 spiro atoms. The number of hydrogen-bond donors (Lipinski definition) is 1. The number of thiol groups is 1. The van der Waals surface area contributed by atoms with Gasteiger partial charge in [-0.25, -0.2) is 0 Å². The molecular weight excluding hydrogens is 166 g/mol. The van der Waals surface area contributed by atoms with Gasteiger partial charge in [0.2, 0.25) is 0 Å². The van der Waals surface area contributed by atoms with E-state index in [2.05, 4.69) is 38.3 Å². The van der Waals surface area contributed by atoms with E-state index in [-0.39, 0.29) is 0 Å². The van der Waals surface area contributed by atoms with Crippen molar-refractivity contribution in [2.75, 3.05) is 18.8 Å². The lowest BCUT2D eigenvalue weighted by atomic mass is 10.2. The Kier molecular flexibility index (Phi) is 8.14. The van der Waals surface area contributed by atoms with Crippen LogP contribution in [0.5, 0.6) is 0 Å². The smallest absolute Gasteiger partial charge is 0.00725 e. The Bertz CT molecular complexity index is 93.8. The third kappa shape index (κ3) is 5.90. The van der Waals surface area contributed by atoms with Crippen molar-refractivity contribution in [2.45, 2.75) is 46.1 Å². The van der Waals surface area contributed by atoms with Gasteiger partial charge in [-0.05, 0) is 26.8 Å². The number of unbranched alkanes of at least 4 members (excludes halogenated alkanes) is 2. The molecule has 0 N–H and O–H groups in total. The molecule has 0 unspecified atom stereocenters. The zero-order chi connectivity index (χ0) is 9.40. The van der Waals surface area contributed by atoms with Gasteiger partial charge in [0.05, 0.1) is 0 Å².